The molecule has 0 saturated carbocycles. The van der Waals surface area contributed by atoms with Gasteiger partial charge < -0.3 is 68.0 Å². The van der Waals surface area contributed by atoms with Crippen molar-refractivity contribution in [3.63, 3.8) is 0 Å². The second-order valence-corrected chi connectivity index (χ2v) is 19.6. The third-order valence-electron chi connectivity index (χ3n) is 14.2. The summed E-state index contributed by atoms with van der Waals surface area (Å²) in [6, 6.07) is -1.26. The average molecular weight is 932 g/mol. The van der Waals surface area contributed by atoms with Crippen molar-refractivity contribution in [2.24, 2.45) is 17.8 Å². The zero-order valence-corrected chi connectivity index (χ0v) is 42.4. The molecule has 3 fully saturated rings. The zero-order valence-electron chi connectivity index (χ0n) is 42.4. The van der Waals surface area contributed by atoms with Gasteiger partial charge in [-0.25, -0.2) is 0 Å². The van der Waals surface area contributed by atoms with E-state index in [0.717, 1.165) is 13.1 Å². The van der Waals surface area contributed by atoms with E-state index < -0.39 is 120 Å². The first-order chi connectivity index (χ1) is 30.2. The fraction of sp³-hybridized carbons (Fsp3) is 0.915. The minimum absolute atomic E-state index is 0.0598. The van der Waals surface area contributed by atoms with Gasteiger partial charge in [0.15, 0.2) is 24.8 Å². The molecule has 0 aliphatic carbocycles. The van der Waals surface area contributed by atoms with E-state index in [1.54, 1.807) is 41.5 Å². The molecule has 0 aromatic rings. The van der Waals surface area contributed by atoms with Gasteiger partial charge in [-0.1, -0.05) is 34.6 Å². The van der Waals surface area contributed by atoms with Crippen molar-refractivity contribution in [2.45, 2.75) is 212 Å². The van der Waals surface area contributed by atoms with Crippen molar-refractivity contribution in [3.8, 4) is 0 Å². The molecule has 0 spiro atoms. The van der Waals surface area contributed by atoms with E-state index in [-0.39, 0.29) is 37.8 Å². The lowest BCUT2D eigenvalue weighted by atomic mass is 9.77. The van der Waals surface area contributed by atoms with Gasteiger partial charge in [0.05, 0.1) is 54.4 Å². The van der Waals surface area contributed by atoms with E-state index in [9.17, 15) is 29.4 Å². The first kappa shape index (κ1) is 56.8. The van der Waals surface area contributed by atoms with Crippen LogP contribution in [0, 0.1) is 17.8 Å². The van der Waals surface area contributed by atoms with Gasteiger partial charge in [-0.2, -0.15) is 0 Å². The van der Waals surface area contributed by atoms with Crippen LogP contribution in [0.2, 0.25) is 0 Å². The van der Waals surface area contributed by atoms with Crippen LogP contribution < -0.4 is 5.32 Å². The number of aliphatic hydroxyl groups excluding tert-OH is 1. The summed E-state index contributed by atoms with van der Waals surface area (Å²) >= 11 is 0. The first-order valence-corrected chi connectivity index (χ1v) is 23.6. The molecule has 1 amide bonds. The minimum Gasteiger partial charge on any atom is -0.459 e. The highest BCUT2D eigenvalue weighted by Gasteiger charge is 2.54. The molecular weight excluding hydrogens is 847 g/mol. The second kappa shape index (κ2) is 24.2. The lowest BCUT2D eigenvalue weighted by molar-refractivity contribution is -0.320. The molecule has 0 bridgehead atoms. The number of amides is 1. The van der Waals surface area contributed by atoms with Crippen LogP contribution in [0.15, 0.2) is 0 Å². The highest BCUT2D eigenvalue weighted by atomic mass is 16.7. The number of hydrogen-bond acceptors (Lipinski definition) is 17. The van der Waals surface area contributed by atoms with E-state index in [1.807, 2.05) is 53.6 Å². The highest BCUT2D eigenvalue weighted by Crippen LogP contribution is 2.42. The van der Waals surface area contributed by atoms with Gasteiger partial charge in [0.2, 0.25) is 5.91 Å². The number of carbonyl (C=O) groups is 4. The Bertz CT molecular complexity index is 1550. The van der Waals surface area contributed by atoms with Crippen LogP contribution in [-0.2, 0) is 61.8 Å². The molecule has 3 heterocycles. The van der Waals surface area contributed by atoms with Crippen LogP contribution in [0.1, 0.15) is 122 Å². The first-order valence-electron chi connectivity index (χ1n) is 23.6. The van der Waals surface area contributed by atoms with Crippen LogP contribution in [0.3, 0.4) is 0 Å². The van der Waals surface area contributed by atoms with Crippen LogP contribution in [0.5, 0.6) is 0 Å². The van der Waals surface area contributed by atoms with Crippen molar-refractivity contribution >= 4 is 23.8 Å². The van der Waals surface area contributed by atoms with Gasteiger partial charge in [0, 0.05) is 45.9 Å². The van der Waals surface area contributed by atoms with Crippen LogP contribution >= 0.6 is 0 Å². The summed E-state index contributed by atoms with van der Waals surface area (Å²) < 4.78 is 57.5. The number of ether oxygens (including phenoxy) is 9. The number of hydrogen-bond donors (Lipinski definition) is 3. The monoisotopic (exact) mass is 932 g/mol. The quantitative estimate of drug-likeness (QED) is 0.158. The third-order valence-corrected chi connectivity index (χ3v) is 14.2. The summed E-state index contributed by atoms with van der Waals surface area (Å²) in [4.78, 5) is 58.5. The summed E-state index contributed by atoms with van der Waals surface area (Å²) in [5, 5.41) is 26.1. The maximum atomic E-state index is 14.6. The summed E-state index contributed by atoms with van der Waals surface area (Å²) in [5.74, 6) is -4.75. The predicted octanol–water partition coefficient (Wildman–Crippen LogP) is 3.59. The Morgan fingerprint density at radius 2 is 1.46 bits per heavy atom. The van der Waals surface area contributed by atoms with E-state index >= 15 is 0 Å². The standard InChI is InChI=1S/C47H85N3O15/c1-18-34-47(13,56)39(53)30(8)48-42(54)26(4)24-45(11,57-16)40(65-44-38(61-32(10)51)33(49(14)15)23-27(5)59-44)28(6)37(29(7)43(55)62-34)64-36-25-46(12,58-17)41(31(9)60-36)63-35(52)21-22-50(19-2)20-3/h26-31,33-34,36-41,44,53,56H,18-25H2,1-17H3,(H,48,54)/t26-,27-,28+,29-,30-,31+,33+,34-,36?,37+,38-,39-,40-,41+,44+,45-,46-,47-/m1/s1. The van der Waals surface area contributed by atoms with E-state index in [2.05, 4.69) is 10.2 Å². The Balaban J connectivity index is 2.22. The van der Waals surface area contributed by atoms with Crippen molar-refractivity contribution in [1.82, 2.24) is 15.1 Å². The number of cyclic esters (lactones) is 1. The molecule has 3 saturated heterocycles. The lowest BCUT2D eigenvalue weighted by Gasteiger charge is -2.50. The van der Waals surface area contributed by atoms with Crippen LogP contribution in [0.25, 0.3) is 0 Å². The maximum Gasteiger partial charge on any atom is 0.311 e. The molecule has 378 valence electrons. The number of aliphatic hydroxyl groups is 2. The van der Waals surface area contributed by atoms with Gasteiger partial charge in [0.25, 0.3) is 0 Å². The molecule has 3 rings (SSSR count). The Hall–Kier alpha value is -2.52. The average Bonchev–Trinajstić information content (AvgIpc) is 3.24. The zero-order chi connectivity index (χ0) is 49.4. The molecule has 0 aromatic carbocycles. The van der Waals surface area contributed by atoms with Crippen LogP contribution in [0.4, 0.5) is 0 Å². The van der Waals surface area contributed by atoms with E-state index in [0.29, 0.717) is 13.0 Å². The van der Waals surface area contributed by atoms with Crippen molar-refractivity contribution in [3.05, 3.63) is 0 Å². The molecule has 0 aromatic heterocycles. The molecule has 3 N–H and O–H groups in total. The molecule has 3 aliphatic heterocycles. The largest absolute Gasteiger partial charge is 0.459 e. The van der Waals surface area contributed by atoms with Crippen LogP contribution in [-0.4, -0.2) is 182 Å². The third kappa shape index (κ3) is 14.0. The molecule has 1 unspecified atom stereocenters. The van der Waals surface area contributed by atoms with Gasteiger partial charge >= 0.3 is 17.9 Å². The molecular formula is C47H85N3O15. The molecule has 18 nitrogen and oxygen atoms in total. The lowest BCUT2D eigenvalue weighted by Crippen LogP contribution is -2.61. The van der Waals surface area contributed by atoms with Gasteiger partial charge in [-0.3, -0.25) is 19.2 Å². The number of nitrogens with zero attached hydrogens (tertiary/aromatic N) is 2. The number of likely N-dealkylation sites (N-methyl/N-ethyl adjacent to an activating group) is 1. The second-order valence-electron chi connectivity index (χ2n) is 19.6. The topological polar surface area (TPSA) is 210 Å². The van der Waals surface area contributed by atoms with Crippen molar-refractivity contribution in [1.29, 1.82) is 0 Å². The molecule has 0 radical (unpaired) electrons. The Morgan fingerprint density at radius 3 is 2.00 bits per heavy atom. The Morgan fingerprint density at radius 1 is 0.862 bits per heavy atom. The highest BCUT2D eigenvalue weighted by molar-refractivity contribution is 5.78. The summed E-state index contributed by atoms with van der Waals surface area (Å²) in [5.41, 5.74) is -4.41. The normalized spacial score (nSPS) is 41.5. The Kier molecular flexibility index (Phi) is 21.1. The summed E-state index contributed by atoms with van der Waals surface area (Å²) in [7, 11) is 6.80. The molecule has 3 aliphatic rings. The maximum absolute atomic E-state index is 14.6. The number of esters is 3. The van der Waals surface area contributed by atoms with Crippen molar-refractivity contribution < 1.29 is 72.0 Å². The van der Waals surface area contributed by atoms with Gasteiger partial charge in [-0.05, 0) is 94.9 Å². The number of carbonyl (C=O) groups excluding carboxylic acids is 4. The number of nitrogens with one attached hydrogen (secondary N) is 1. The summed E-state index contributed by atoms with van der Waals surface area (Å²) in [6.07, 6.45) is -8.83. The van der Waals surface area contributed by atoms with Crippen molar-refractivity contribution in [2.75, 3.05) is 47.9 Å². The number of rotatable bonds is 15. The SMILES string of the molecule is CC[C@H]1OC(=O)[C@H](C)[C@@H](OC2C[C@@](C)(OC)[C@@H](OC(=O)CCN(CC)CC)[C@H](C)O2)[C@H](C)[C@@H](O[C@@H]2O[C@H](C)C[C@H](N(C)C)[C@H]2OC(C)=O)[C@](C)(OC)C[C@@H](C)C(=O)N[C@H](C)[C@@H](O)[C@]1(C)O. The molecule has 65 heavy (non-hydrogen) atoms. The fourth-order valence-electron chi connectivity index (χ4n) is 9.92. The predicted molar refractivity (Wildman–Crippen MR) is 240 cm³/mol. The van der Waals surface area contributed by atoms with Gasteiger partial charge in [-0.15, -0.1) is 0 Å². The minimum atomic E-state index is -1.99. The smallest absolute Gasteiger partial charge is 0.311 e. The molecule has 18 heteroatoms. The van der Waals surface area contributed by atoms with Gasteiger partial charge in [0.1, 0.15) is 23.4 Å². The van der Waals surface area contributed by atoms with E-state index in [4.69, 9.17) is 42.6 Å². The summed E-state index contributed by atoms with van der Waals surface area (Å²) in [6.45, 7) is 24.7. The molecule has 18 atom stereocenters. The number of methoxy groups -OCH3 is 2. The van der Waals surface area contributed by atoms with E-state index in [1.165, 1.54) is 28.1 Å². The Labute approximate surface area is 388 Å². The fourth-order valence-corrected chi connectivity index (χ4v) is 9.92.